The number of ether oxygens (including phenoxy) is 1. The van der Waals surface area contributed by atoms with Crippen molar-refractivity contribution >= 4 is 17.9 Å². The first-order valence-corrected chi connectivity index (χ1v) is 8.89. The SMILES string of the molecule is CC(C)(CNC1CSCCC1(C)C)NC(=O)OC(C)(C)C. The van der Waals surface area contributed by atoms with Gasteiger partial charge in [0.1, 0.15) is 5.60 Å². The maximum Gasteiger partial charge on any atom is 0.408 e. The van der Waals surface area contributed by atoms with Crippen LogP contribution in [0.3, 0.4) is 0 Å². The van der Waals surface area contributed by atoms with Gasteiger partial charge in [0.25, 0.3) is 0 Å². The Labute approximate surface area is 134 Å². The van der Waals surface area contributed by atoms with E-state index in [1.807, 2.05) is 46.4 Å². The van der Waals surface area contributed by atoms with E-state index in [1.165, 1.54) is 12.2 Å². The van der Waals surface area contributed by atoms with Gasteiger partial charge in [-0.1, -0.05) is 13.8 Å². The minimum absolute atomic E-state index is 0.313. The fraction of sp³-hybridized carbons (Fsp3) is 0.938. The molecule has 0 aromatic heterocycles. The third kappa shape index (κ3) is 6.92. The first-order valence-electron chi connectivity index (χ1n) is 7.74. The summed E-state index contributed by atoms with van der Waals surface area (Å²) in [6.45, 7) is 15.0. The van der Waals surface area contributed by atoms with Gasteiger partial charge < -0.3 is 15.4 Å². The number of alkyl carbamates (subject to hydrolysis) is 1. The summed E-state index contributed by atoms with van der Waals surface area (Å²) in [5, 5.41) is 6.58. The average molecular weight is 317 g/mol. The normalized spacial score (nSPS) is 22.7. The summed E-state index contributed by atoms with van der Waals surface area (Å²) in [6, 6.07) is 0.482. The molecule has 1 atom stereocenters. The summed E-state index contributed by atoms with van der Waals surface area (Å²) in [5.41, 5.74) is -0.483. The second-order valence-corrected chi connectivity index (χ2v) is 9.41. The molecule has 1 aliphatic heterocycles. The molecule has 1 amide bonds. The largest absolute Gasteiger partial charge is 0.444 e. The van der Waals surface area contributed by atoms with Crippen LogP contribution in [-0.2, 0) is 4.74 Å². The highest BCUT2D eigenvalue weighted by Crippen LogP contribution is 2.34. The summed E-state index contributed by atoms with van der Waals surface area (Å²) in [7, 11) is 0. The Morgan fingerprint density at radius 2 is 1.90 bits per heavy atom. The van der Waals surface area contributed by atoms with E-state index in [4.69, 9.17) is 4.74 Å². The van der Waals surface area contributed by atoms with Gasteiger partial charge in [0, 0.05) is 18.3 Å². The molecule has 0 aromatic rings. The Bertz CT molecular complexity index is 362. The highest BCUT2D eigenvalue weighted by Gasteiger charge is 2.34. The Balaban J connectivity index is 2.47. The van der Waals surface area contributed by atoms with Gasteiger partial charge in [-0.05, 0) is 52.2 Å². The monoisotopic (exact) mass is 316 g/mol. The molecule has 1 unspecified atom stereocenters. The van der Waals surface area contributed by atoms with Crippen molar-refractivity contribution in [3.63, 3.8) is 0 Å². The molecule has 1 aliphatic rings. The van der Waals surface area contributed by atoms with E-state index in [9.17, 15) is 4.79 Å². The van der Waals surface area contributed by atoms with Crippen molar-refractivity contribution in [3.8, 4) is 0 Å². The van der Waals surface area contributed by atoms with E-state index < -0.39 is 5.60 Å². The van der Waals surface area contributed by atoms with Crippen LogP contribution in [0.2, 0.25) is 0 Å². The van der Waals surface area contributed by atoms with E-state index >= 15 is 0 Å². The van der Waals surface area contributed by atoms with E-state index in [2.05, 4.69) is 24.5 Å². The molecule has 21 heavy (non-hydrogen) atoms. The van der Waals surface area contributed by atoms with Crippen LogP contribution in [0.1, 0.15) is 54.9 Å². The Morgan fingerprint density at radius 3 is 2.43 bits per heavy atom. The number of carbonyl (C=O) groups is 1. The van der Waals surface area contributed by atoms with Gasteiger partial charge in [-0.3, -0.25) is 0 Å². The van der Waals surface area contributed by atoms with Crippen LogP contribution < -0.4 is 10.6 Å². The lowest BCUT2D eigenvalue weighted by atomic mass is 9.82. The van der Waals surface area contributed by atoms with Crippen molar-refractivity contribution in [2.75, 3.05) is 18.1 Å². The molecule has 1 rings (SSSR count). The van der Waals surface area contributed by atoms with Gasteiger partial charge in [0.2, 0.25) is 0 Å². The van der Waals surface area contributed by atoms with E-state index in [0.717, 1.165) is 12.3 Å². The van der Waals surface area contributed by atoms with Crippen molar-refractivity contribution in [1.82, 2.24) is 10.6 Å². The molecular formula is C16H32N2O2S. The van der Waals surface area contributed by atoms with Gasteiger partial charge in [-0.25, -0.2) is 4.79 Å². The Morgan fingerprint density at radius 1 is 1.29 bits per heavy atom. The molecule has 0 radical (unpaired) electrons. The lowest BCUT2D eigenvalue weighted by Crippen LogP contribution is -2.56. The molecule has 0 bridgehead atoms. The van der Waals surface area contributed by atoms with Crippen LogP contribution in [0, 0.1) is 5.41 Å². The maximum atomic E-state index is 11.9. The van der Waals surface area contributed by atoms with Crippen molar-refractivity contribution in [1.29, 1.82) is 0 Å². The zero-order chi connectivity index (χ0) is 16.3. The number of thioether (sulfide) groups is 1. The van der Waals surface area contributed by atoms with Crippen LogP contribution in [0.4, 0.5) is 4.79 Å². The molecule has 0 saturated carbocycles. The van der Waals surface area contributed by atoms with Crippen molar-refractivity contribution in [2.24, 2.45) is 5.41 Å². The number of nitrogens with one attached hydrogen (secondary N) is 2. The molecule has 124 valence electrons. The smallest absolute Gasteiger partial charge is 0.408 e. The molecule has 5 heteroatoms. The number of hydrogen-bond acceptors (Lipinski definition) is 4. The van der Waals surface area contributed by atoms with Crippen LogP contribution in [0.5, 0.6) is 0 Å². The molecule has 2 N–H and O–H groups in total. The molecule has 0 spiro atoms. The topological polar surface area (TPSA) is 50.4 Å². The third-order valence-corrected chi connectivity index (χ3v) is 4.81. The molecule has 0 aromatic carbocycles. The Kier molecular flexibility index (Phi) is 6.01. The fourth-order valence-electron chi connectivity index (χ4n) is 2.27. The van der Waals surface area contributed by atoms with E-state index in [1.54, 1.807) is 0 Å². The highest BCUT2D eigenvalue weighted by atomic mass is 32.2. The number of carbonyl (C=O) groups excluding carboxylic acids is 1. The van der Waals surface area contributed by atoms with E-state index in [-0.39, 0.29) is 11.6 Å². The summed E-state index contributed by atoms with van der Waals surface area (Å²) in [6.07, 6.45) is 0.876. The van der Waals surface area contributed by atoms with Gasteiger partial charge in [-0.15, -0.1) is 0 Å². The summed E-state index contributed by atoms with van der Waals surface area (Å²) in [4.78, 5) is 11.9. The number of hydrogen-bond donors (Lipinski definition) is 2. The predicted molar refractivity (Wildman–Crippen MR) is 91.0 cm³/mol. The first kappa shape index (κ1) is 18.6. The van der Waals surface area contributed by atoms with Gasteiger partial charge in [-0.2, -0.15) is 11.8 Å². The number of amides is 1. The molecule has 0 aliphatic carbocycles. The second-order valence-electron chi connectivity index (χ2n) is 8.26. The average Bonchev–Trinajstić information content (AvgIpc) is 2.23. The minimum Gasteiger partial charge on any atom is -0.444 e. The standard InChI is InChI=1S/C16H32N2O2S/c1-14(2,3)20-13(19)18-16(6,7)11-17-12-10-21-9-8-15(12,4)5/h12,17H,8-11H2,1-7H3,(H,18,19). The second kappa shape index (κ2) is 6.78. The first-order chi connectivity index (χ1) is 9.41. The van der Waals surface area contributed by atoms with Crippen LogP contribution in [0.15, 0.2) is 0 Å². The van der Waals surface area contributed by atoms with Crippen LogP contribution in [-0.4, -0.2) is 41.3 Å². The molecule has 1 fully saturated rings. The zero-order valence-electron chi connectivity index (χ0n) is 14.6. The lowest BCUT2D eigenvalue weighted by molar-refractivity contribution is 0.0468. The van der Waals surface area contributed by atoms with Gasteiger partial charge in [0.05, 0.1) is 5.54 Å². The third-order valence-electron chi connectivity index (χ3n) is 3.75. The van der Waals surface area contributed by atoms with Crippen molar-refractivity contribution < 1.29 is 9.53 Å². The van der Waals surface area contributed by atoms with Gasteiger partial charge >= 0.3 is 6.09 Å². The molecule has 1 heterocycles. The van der Waals surface area contributed by atoms with Crippen molar-refractivity contribution in [2.45, 2.75) is 72.1 Å². The van der Waals surface area contributed by atoms with Crippen LogP contribution >= 0.6 is 11.8 Å². The quantitative estimate of drug-likeness (QED) is 0.834. The Hall–Kier alpha value is -0.420. The minimum atomic E-state index is -0.463. The summed E-state index contributed by atoms with van der Waals surface area (Å²) in [5.74, 6) is 2.38. The molecule has 4 nitrogen and oxygen atoms in total. The predicted octanol–water partition coefficient (Wildman–Crippen LogP) is 3.41. The lowest BCUT2D eigenvalue weighted by Gasteiger charge is -2.40. The maximum absolute atomic E-state index is 11.9. The molecule has 1 saturated heterocycles. The summed E-state index contributed by atoms with van der Waals surface area (Å²) >= 11 is 2.00. The van der Waals surface area contributed by atoms with Crippen molar-refractivity contribution in [3.05, 3.63) is 0 Å². The fourth-order valence-corrected chi connectivity index (χ4v) is 3.92. The zero-order valence-corrected chi connectivity index (χ0v) is 15.4. The number of rotatable bonds is 4. The summed E-state index contributed by atoms with van der Waals surface area (Å²) < 4.78 is 5.32. The van der Waals surface area contributed by atoms with E-state index in [0.29, 0.717) is 11.5 Å². The highest BCUT2D eigenvalue weighted by molar-refractivity contribution is 7.99. The van der Waals surface area contributed by atoms with Gasteiger partial charge in [0.15, 0.2) is 0 Å². The van der Waals surface area contributed by atoms with Crippen LogP contribution in [0.25, 0.3) is 0 Å². The molecular weight excluding hydrogens is 284 g/mol.